The molecular formula is C16H19N5O3S. The Hall–Kier alpha value is -2.81. The van der Waals surface area contributed by atoms with Crippen molar-refractivity contribution >= 4 is 34.5 Å². The molecule has 9 heteroatoms. The number of hydrazone groups is 1. The highest BCUT2D eigenvalue weighted by Crippen LogP contribution is 2.20. The van der Waals surface area contributed by atoms with Gasteiger partial charge in [-0.3, -0.25) is 9.59 Å². The Kier molecular flexibility index (Phi) is 5.81. The van der Waals surface area contributed by atoms with Crippen LogP contribution in [0.2, 0.25) is 0 Å². The minimum atomic E-state index is -0.538. The predicted molar refractivity (Wildman–Crippen MR) is 95.5 cm³/mol. The molecule has 2 aromatic rings. The maximum atomic E-state index is 11.9. The molecular weight excluding hydrogens is 342 g/mol. The van der Waals surface area contributed by atoms with Gasteiger partial charge in [-0.05, 0) is 17.7 Å². The summed E-state index contributed by atoms with van der Waals surface area (Å²) in [5.41, 5.74) is 2.49. The minimum absolute atomic E-state index is 0.000431. The minimum Gasteiger partial charge on any atom is -0.508 e. The summed E-state index contributed by atoms with van der Waals surface area (Å²) in [5.74, 6) is -0.411. The monoisotopic (exact) mass is 361 g/mol. The van der Waals surface area contributed by atoms with E-state index in [-0.39, 0.29) is 24.0 Å². The van der Waals surface area contributed by atoms with Crippen LogP contribution >= 0.6 is 11.3 Å². The summed E-state index contributed by atoms with van der Waals surface area (Å²) in [4.78, 5) is 23.7. The molecule has 0 spiro atoms. The summed E-state index contributed by atoms with van der Waals surface area (Å²) in [6.45, 7) is 5.38. The van der Waals surface area contributed by atoms with Gasteiger partial charge >= 0.3 is 0 Å². The van der Waals surface area contributed by atoms with Gasteiger partial charge in [0.2, 0.25) is 16.9 Å². The molecule has 8 nitrogen and oxygen atoms in total. The highest BCUT2D eigenvalue weighted by atomic mass is 32.1. The molecule has 1 aromatic carbocycles. The van der Waals surface area contributed by atoms with Gasteiger partial charge in [0.25, 0.3) is 0 Å². The Morgan fingerprint density at radius 2 is 2.08 bits per heavy atom. The zero-order valence-electron chi connectivity index (χ0n) is 14.1. The summed E-state index contributed by atoms with van der Waals surface area (Å²) < 4.78 is 0. The van der Waals surface area contributed by atoms with Crippen LogP contribution in [0.25, 0.3) is 0 Å². The van der Waals surface area contributed by atoms with E-state index in [4.69, 9.17) is 0 Å². The van der Waals surface area contributed by atoms with Gasteiger partial charge in [0.1, 0.15) is 10.8 Å². The first-order valence-corrected chi connectivity index (χ1v) is 8.30. The van der Waals surface area contributed by atoms with Crippen molar-refractivity contribution in [2.45, 2.75) is 27.2 Å². The summed E-state index contributed by atoms with van der Waals surface area (Å²) >= 11 is 1.14. The van der Waals surface area contributed by atoms with E-state index in [0.29, 0.717) is 15.7 Å². The van der Waals surface area contributed by atoms with Crippen LogP contribution in [-0.2, 0) is 16.0 Å². The number of aromatic nitrogens is 2. The summed E-state index contributed by atoms with van der Waals surface area (Å²) in [6, 6.07) is 6.48. The van der Waals surface area contributed by atoms with Crippen molar-refractivity contribution in [3.63, 3.8) is 0 Å². The average molecular weight is 361 g/mol. The SMILES string of the molecule is CC(C)(C)C(=O)Nc1nnc(CC(=O)N/N=C\c2cccc(O)c2)s1. The van der Waals surface area contributed by atoms with E-state index in [1.54, 1.807) is 39.0 Å². The molecule has 0 aliphatic rings. The van der Waals surface area contributed by atoms with E-state index < -0.39 is 5.41 Å². The first kappa shape index (κ1) is 18.5. The molecule has 0 radical (unpaired) electrons. The molecule has 0 bridgehead atoms. The summed E-state index contributed by atoms with van der Waals surface area (Å²) in [6.07, 6.45) is 1.42. The van der Waals surface area contributed by atoms with Crippen LogP contribution in [-0.4, -0.2) is 33.3 Å². The maximum Gasteiger partial charge on any atom is 0.247 e. The number of phenolic OH excluding ortho intramolecular Hbond substituents is 1. The normalized spacial score (nSPS) is 11.5. The zero-order chi connectivity index (χ0) is 18.4. The van der Waals surface area contributed by atoms with Crippen molar-refractivity contribution in [3.8, 4) is 5.75 Å². The van der Waals surface area contributed by atoms with Gasteiger partial charge in [0, 0.05) is 5.41 Å². The quantitative estimate of drug-likeness (QED) is 0.556. The lowest BCUT2D eigenvalue weighted by molar-refractivity contribution is -0.123. The molecule has 132 valence electrons. The molecule has 2 amide bonds. The number of anilines is 1. The molecule has 0 aliphatic carbocycles. The fraction of sp³-hybridized carbons (Fsp3) is 0.312. The van der Waals surface area contributed by atoms with Crippen molar-refractivity contribution in [1.82, 2.24) is 15.6 Å². The molecule has 0 saturated carbocycles. The average Bonchev–Trinajstić information content (AvgIpc) is 2.93. The van der Waals surface area contributed by atoms with Crippen molar-refractivity contribution in [3.05, 3.63) is 34.8 Å². The molecule has 1 heterocycles. The van der Waals surface area contributed by atoms with E-state index in [0.717, 1.165) is 11.3 Å². The molecule has 1 aromatic heterocycles. The van der Waals surface area contributed by atoms with Gasteiger partial charge in [-0.15, -0.1) is 10.2 Å². The van der Waals surface area contributed by atoms with Crippen LogP contribution in [0.1, 0.15) is 31.3 Å². The lowest BCUT2D eigenvalue weighted by Crippen LogP contribution is -2.27. The number of rotatable bonds is 5. The molecule has 25 heavy (non-hydrogen) atoms. The highest BCUT2D eigenvalue weighted by Gasteiger charge is 2.22. The fourth-order valence-electron chi connectivity index (χ4n) is 1.62. The number of hydrogen-bond acceptors (Lipinski definition) is 7. The van der Waals surface area contributed by atoms with Crippen molar-refractivity contribution in [2.24, 2.45) is 10.5 Å². The van der Waals surface area contributed by atoms with E-state index in [9.17, 15) is 14.7 Å². The van der Waals surface area contributed by atoms with E-state index >= 15 is 0 Å². The number of nitrogens with one attached hydrogen (secondary N) is 2. The third-order valence-corrected chi connectivity index (χ3v) is 3.79. The first-order valence-electron chi connectivity index (χ1n) is 7.49. The van der Waals surface area contributed by atoms with E-state index in [2.05, 4.69) is 26.0 Å². The van der Waals surface area contributed by atoms with Crippen LogP contribution in [0, 0.1) is 5.41 Å². The largest absolute Gasteiger partial charge is 0.508 e. The lowest BCUT2D eigenvalue weighted by Gasteiger charge is -2.15. The number of carbonyl (C=O) groups excluding carboxylic acids is 2. The van der Waals surface area contributed by atoms with Crippen LogP contribution < -0.4 is 10.7 Å². The van der Waals surface area contributed by atoms with Gasteiger partial charge in [-0.2, -0.15) is 5.10 Å². The van der Waals surface area contributed by atoms with Crippen LogP contribution in [0.15, 0.2) is 29.4 Å². The second-order valence-electron chi connectivity index (χ2n) is 6.27. The molecule has 3 N–H and O–H groups in total. The lowest BCUT2D eigenvalue weighted by atomic mass is 9.96. The standard InChI is InChI=1S/C16H19N5O3S/c1-16(2,3)14(24)18-15-21-20-13(25-15)8-12(23)19-17-9-10-5-4-6-11(22)7-10/h4-7,9,22H,8H2,1-3H3,(H,19,23)(H,18,21,24)/b17-9-. The summed E-state index contributed by atoms with van der Waals surface area (Å²) in [7, 11) is 0. The van der Waals surface area contributed by atoms with Crippen molar-refractivity contribution in [2.75, 3.05) is 5.32 Å². The summed E-state index contributed by atoms with van der Waals surface area (Å²) in [5, 5.41) is 24.4. The van der Waals surface area contributed by atoms with Gasteiger partial charge < -0.3 is 10.4 Å². The predicted octanol–water partition coefficient (Wildman–Crippen LogP) is 1.92. The Balaban J connectivity index is 1.86. The zero-order valence-corrected chi connectivity index (χ0v) is 14.9. The Bertz CT molecular complexity index is 795. The second-order valence-corrected chi connectivity index (χ2v) is 7.33. The molecule has 0 atom stereocenters. The number of amides is 2. The maximum absolute atomic E-state index is 11.9. The van der Waals surface area contributed by atoms with Gasteiger partial charge in [0.15, 0.2) is 0 Å². The smallest absolute Gasteiger partial charge is 0.247 e. The highest BCUT2D eigenvalue weighted by molar-refractivity contribution is 7.15. The molecule has 0 fully saturated rings. The second kappa shape index (κ2) is 7.84. The third-order valence-electron chi connectivity index (χ3n) is 2.95. The first-order chi connectivity index (χ1) is 11.7. The van der Waals surface area contributed by atoms with E-state index in [1.165, 1.54) is 12.3 Å². The van der Waals surface area contributed by atoms with Gasteiger partial charge in [0.05, 0.1) is 12.6 Å². The molecule has 0 saturated heterocycles. The number of benzene rings is 1. The Labute approximate surface area is 149 Å². The Morgan fingerprint density at radius 1 is 1.32 bits per heavy atom. The number of nitrogens with zero attached hydrogens (tertiary/aromatic N) is 3. The Morgan fingerprint density at radius 3 is 2.76 bits per heavy atom. The van der Waals surface area contributed by atoms with Crippen LogP contribution in [0.3, 0.4) is 0 Å². The third kappa shape index (κ3) is 5.96. The topological polar surface area (TPSA) is 117 Å². The number of hydrogen-bond donors (Lipinski definition) is 3. The van der Waals surface area contributed by atoms with Crippen molar-refractivity contribution in [1.29, 1.82) is 0 Å². The van der Waals surface area contributed by atoms with Gasteiger partial charge in [-0.1, -0.05) is 44.2 Å². The van der Waals surface area contributed by atoms with E-state index in [1.807, 2.05) is 0 Å². The number of carbonyl (C=O) groups is 2. The van der Waals surface area contributed by atoms with Crippen LogP contribution in [0.5, 0.6) is 5.75 Å². The molecule has 0 unspecified atom stereocenters. The van der Waals surface area contributed by atoms with Crippen molar-refractivity contribution < 1.29 is 14.7 Å². The molecule has 2 rings (SSSR count). The van der Waals surface area contributed by atoms with Crippen LogP contribution in [0.4, 0.5) is 5.13 Å². The fourth-order valence-corrected chi connectivity index (χ4v) is 2.35. The van der Waals surface area contributed by atoms with Gasteiger partial charge in [-0.25, -0.2) is 5.43 Å². The molecule has 0 aliphatic heterocycles. The number of phenols is 1. The number of aromatic hydroxyl groups is 1.